The molecule has 0 spiro atoms. The molecule has 2 rings (SSSR count). The summed E-state index contributed by atoms with van der Waals surface area (Å²) in [7, 11) is 0. The van der Waals surface area contributed by atoms with E-state index in [0.717, 1.165) is 18.6 Å². The van der Waals surface area contributed by atoms with Crippen LogP contribution in [-0.4, -0.2) is 18.1 Å². The molecule has 1 aromatic rings. The van der Waals surface area contributed by atoms with Crippen LogP contribution in [0.2, 0.25) is 0 Å². The normalized spacial score (nSPS) is 17.8. The first-order chi connectivity index (χ1) is 10.4. The molecule has 0 bridgehead atoms. The van der Waals surface area contributed by atoms with E-state index >= 15 is 0 Å². The van der Waals surface area contributed by atoms with Crippen molar-refractivity contribution >= 4 is 5.91 Å². The van der Waals surface area contributed by atoms with Crippen LogP contribution in [-0.2, 0) is 10.2 Å². The van der Waals surface area contributed by atoms with Crippen LogP contribution in [0.1, 0.15) is 65.4 Å². The molecule has 1 aliphatic rings. The van der Waals surface area contributed by atoms with E-state index in [1.54, 1.807) is 0 Å². The Balaban J connectivity index is 1.87. The minimum Gasteiger partial charge on any atom is -0.481 e. The van der Waals surface area contributed by atoms with Gasteiger partial charge in [0.15, 0.2) is 6.10 Å². The van der Waals surface area contributed by atoms with Crippen LogP contribution in [0.5, 0.6) is 5.75 Å². The predicted molar refractivity (Wildman–Crippen MR) is 90.2 cm³/mol. The average Bonchev–Trinajstić information content (AvgIpc) is 2.48. The maximum atomic E-state index is 12.2. The van der Waals surface area contributed by atoms with Crippen LogP contribution in [0.3, 0.4) is 0 Å². The third-order valence-electron chi connectivity index (χ3n) is 4.35. The Bertz CT molecular complexity index is 481. The number of nitrogens with one attached hydrogen (secondary N) is 1. The third kappa shape index (κ3) is 4.75. The number of amides is 1. The molecule has 3 nitrogen and oxygen atoms in total. The standard InChI is InChI=1S/C19H29NO2/c1-14(18(21)20-16-8-6-5-7-9-16)22-17-12-10-15(11-13-17)19(2,3)4/h10-14,16H,5-9H2,1-4H3,(H,20,21). The van der Waals surface area contributed by atoms with E-state index in [9.17, 15) is 4.79 Å². The highest BCUT2D eigenvalue weighted by Crippen LogP contribution is 2.24. The Morgan fingerprint density at radius 3 is 2.27 bits per heavy atom. The van der Waals surface area contributed by atoms with Crippen LogP contribution in [0.4, 0.5) is 0 Å². The fourth-order valence-electron chi connectivity index (χ4n) is 2.86. The smallest absolute Gasteiger partial charge is 0.260 e. The minimum absolute atomic E-state index is 0.00759. The molecule has 0 aromatic heterocycles. The van der Waals surface area contributed by atoms with Crippen LogP contribution in [0.15, 0.2) is 24.3 Å². The number of carbonyl (C=O) groups excluding carboxylic acids is 1. The summed E-state index contributed by atoms with van der Waals surface area (Å²) >= 11 is 0. The van der Waals surface area contributed by atoms with Gasteiger partial charge in [-0.25, -0.2) is 0 Å². The van der Waals surface area contributed by atoms with Gasteiger partial charge in [-0.2, -0.15) is 0 Å². The lowest BCUT2D eigenvalue weighted by molar-refractivity contribution is -0.128. The van der Waals surface area contributed by atoms with Crippen molar-refractivity contribution < 1.29 is 9.53 Å². The lowest BCUT2D eigenvalue weighted by Gasteiger charge is -2.25. The molecule has 0 aliphatic heterocycles. The molecule has 0 heterocycles. The first-order valence-electron chi connectivity index (χ1n) is 8.44. The van der Waals surface area contributed by atoms with Crippen molar-refractivity contribution in [2.24, 2.45) is 0 Å². The lowest BCUT2D eigenvalue weighted by Crippen LogP contribution is -2.43. The van der Waals surface area contributed by atoms with Gasteiger partial charge >= 0.3 is 0 Å². The van der Waals surface area contributed by atoms with Crippen molar-refractivity contribution in [2.45, 2.75) is 77.4 Å². The zero-order valence-corrected chi connectivity index (χ0v) is 14.3. The minimum atomic E-state index is -0.456. The quantitative estimate of drug-likeness (QED) is 0.905. The van der Waals surface area contributed by atoms with Gasteiger partial charge in [-0.15, -0.1) is 0 Å². The monoisotopic (exact) mass is 303 g/mol. The summed E-state index contributed by atoms with van der Waals surface area (Å²) < 4.78 is 5.77. The highest BCUT2D eigenvalue weighted by Gasteiger charge is 2.21. The van der Waals surface area contributed by atoms with Gasteiger partial charge in [0.1, 0.15) is 5.75 Å². The Morgan fingerprint density at radius 1 is 1.14 bits per heavy atom. The van der Waals surface area contributed by atoms with Crippen LogP contribution < -0.4 is 10.1 Å². The van der Waals surface area contributed by atoms with Gasteiger partial charge in [-0.1, -0.05) is 52.2 Å². The molecule has 1 atom stereocenters. The molecule has 0 radical (unpaired) electrons. The van der Waals surface area contributed by atoms with E-state index in [2.05, 4.69) is 38.2 Å². The van der Waals surface area contributed by atoms with Crippen molar-refractivity contribution in [1.82, 2.24) is 5.32 Å². The van der Waals surface area contributed by atoms with E-state index in [4.69, 9.17) is 4.74 Å². The predicted octanol–water partition coefficient (Wildman–Crippen LogP) is 4.20. The van der Waals surface area contributed by atoms with E-state index in [1.165, 1.54) is 24.8 Å². The zero-order chi connectivity index (χ0) is 16.2. The molecule has 122 valence electrons. The molecule has 1 saturated carbocycles. The van der Waals surface area contributed by atoms with Crippen LogP contribution in [0, 0.1) is 0 Å². The van der Waals surface area contributed by atoms with Crippen LogP contribution in [0.25, 0.3) is 0 Å². The molecular formula is C19H29NO2. The van der Waals surface area contributed by atoms with Gasteiger partial charge < -0.3 is 10.1 Å². The largest absolute Gasteiger partial charge is 0.481 e. The average molecular weight is 303 g/mol. The van der Waals surface area contributed by atoms with Gasteiger partial charge in [0, 0.05) is 6.04 Å². The molecule has 1 amide bonds. The van der Waals surface area contributed by atoms with E-state index in [-0.39, 0.29) is 11.3 Å². The summed E-state index contributed by atoms with van der Waals surface area (Å²) in [4.78, 5) is 12.2. The highest BCUT2D eigenvalue weighted by molar-refractivity contribution is 5.81. The number of hydrogen-bond acceptors (Lipinski definition) is 2. The molecular weight excluding hydrogens is 274 g/mol. The fraction of sp³-hybridized carbons (Fsp3) is 0.632. The first-order valence-corrected chi connectivity index (χ1v) is 8.44. The summed E-state index contributed by atoms with van der Waals surface area (Å²) in [5, 5.41) is 3.11. The SMILES string of the molecule is CC(Oc1ccc(C(C)(C)C)cc1)C(=O)NC1CCCCC1. The van der Waals surface area contributed by atoms with Crippen molar-refractivity contribution in [3.05, 3.63) is 29.8 Å². The van der Waals surface area contributed by atoms with Crippen molar-refractivity contribution in [3.63, 3.8) is 0 Å². The number of hydrogen-bond donors (Lipinski definition) is 1. The molecule has 1 N–H and O–H groups in total. The summed E-state index contributed by atoms with van der Waals surface area (Å²) in [6.45, 7) is 8.37. The third-order valence-corrected chi connectivity index (χ3v) is 4.35. The van der Waals surface area contributed by atoms with Crippen molar-refractivity contribution in [1.29, 1.82) is 0 Å². The Hall–Kier alpha value is -1.51. The van der Waals surface area contributed by atoms with Crippen LogP contribution >= 0.6 is 0 Å². The fourth-order valence-corrected chi connectivity index (χ4v) is 2.86. The lowest BCUT2D eigenvalue weighted by atomic mass is 9.87. The van der Waals surface area contributed by atoms with Gasteiger partial charge in [0.05, 0.1) is 0 Å². The molecule has 22 heavy (non-hydrogen) atoms. The second-order valence-corrected chi connectivity index (χ2v) is 7.38. The highest BCUT2D eigenvalue weighted by atomic mass is 16.5. The molecule has 3 heteroatoms. The Morgan fingerprint density at radius 2 is 1.73 bits per heavy atom. The van der Waals surface area contributed by atoms with E-state index in [0.29, 0.717) is 6.04 Å². The number of rotatable bonds is 4. The van der Waals surface area contributed by atoms with Gasteiger partial charge in [0.25, 0.3) is 5.91 Å². The van der Waals surface area contributed by atoms with Gasteiger partial charge in [-0.3, -0.25) is 4.79 Å². The Kier molecular flexibility index (Phi) is 5.49. The topological polar surface area (TPSA) is 38.3 Å². The maximum Gasteiger partial charge on any atom is 0.260 e. The summed E-state index contributed by atoms with van der Waals surface area (Å²) in [6, 6.07) is 8.37. The van der Waals surface area contributed by atoms with Gasteiger partial charge in [0.2, 0.25) is 0 Å². The number of carbonyl (C=O) groups is 1. The van der Waals surface area contributed by atoms with Gasteiger partial charge in [-0.05, 0) is 42.9 Å². The molecule has 1 aliphatic carbocycles. The first kappa shape index (κ1) is 16.9. The zero-order valence-electron chi connectivity index (χ0n) is 14.3. The molecule has 1 fully saturated rings. The number of ether oxygens (including phenoxy) is 1. The van der Waals surface area contributed by atoms with Crippen molar-refractivity contribution in [2.75, 3.05) is 0 Å². The van der Waals surface area contributed by atoms with Crippen molar-refractivity contribution in [3.8, 4) is 5.75 Å². The van der Waals surface area contributed by atoms with E-state index in [1.807, 2.05) is 19.1 Å². The molecule has 1 aromatic carbocycles. The summed E-state index contributed by atoms with van der Waals surface area (Å²) in [6.07, 6.45) is 5.46. The summed E-state index contributed by atoms with van der Waals surface area (Å²) in [5.41, 5.74) is 1.39. The summed E-state index contributed by atoms with van der Waals surface area (Å²) in [5.74, 6) is 0.742. The van der Waals surface area contributed by atoms with E-state index < -0.39 is 6.10 Å². The second kappa shape index (κ2) is 7.17. The number of benzene rings is 1. The molecule has 0 saturated heterocycles. The Labute approximate surface area is 134 Å². The molecule has 1 unspecified atom stereocenters. The second-order valence-electron chi connectivity index (χ2n) is 7.38. The maximum absolute atomic E-state index is 12.2.